The minimum Gasteiger partial charge on any atom is -0.490 e. The molecule has 0 atom stereocenters. The van der Waals surface area contributed by atoms with Crippen LogP contribution in [0.2, 0.25) is 5.02 Å². The van der Waals surface area contributed by atoms with Crippen molar-refractivity contribution in [3.8, 4) is 11.5 Å². The Bertz CT molecular complexity index is 839. The van der Waals surface area contributed by atoms with Gasteiger partial charge in [0.2, 0.25) is 0 Å². The number of halogens is 1. The van der Waals surface area contributed by atoms with Crippen LogP contribution < -0.4 is 14.8 Å². The zero-order valence-electron chi connectivity index (χ0n) is 15.4. The van der Waals surface area contributed by atoms with Gasteiger partial charge in [-0.2, -0.15) is 0 Å². The second-order valence-electron chi connectivity index (χ2n) is 6.15. The van der Waals surface area contributed by atoms with Crippen molar-refractivity contribution >= 4 is 11.6 Å². The van der Waals surface area contributed by atoms with Crippen molar-refractivity contribution in [1.82, 2.24) is 4.98 Å². The molecule has 140 valence electrons. The summed E-state index contributed by atoms with van der Waals surface area (Å²) in [6, 6.07) is 19.7. The van der Waals surface area contributed by atoms with Gasteiger partial charge in [0.15, 0.2) is 11.5 Å². The Morgan fingerprint density at radius 1 is 0.889 bits per heavy atom. The van der Waals surface area contributed by atoms with Crippen LogP contribution >= 0.6 is 11.6 Å². The fourth-order valence-electron chi connectivity index (χ4n) is 2.71. The lowest BCUT2D eigenvalue weighted by atomic mass is 10.2. The van der Waals surface area contributed by atoms with E-state index in [1.807, 2.05) is 61.7 Å². The maximum absolute atomic E-state index is 5.96. The van der Waals surface area contributed by atoms with E-state index in [0.717, 1.165) is 40.9 Å². The molecule has 0 spiro atoms. The van der Waals surface area contributed by atoms with Crippen molar-refractivity contribution in [3.05, 3.63) is 88.7 Å². The molecule has 5 heteroatoms. The second-order valence-corrected chi connectivity index (χ2v) is 6.58. The van der Waals surface area contributed by atoms with Gasteiger partial charge in [0.1, 0.15) is 19.7 Å². The molecular weight excluding hydrogens is 360 g/mol. The van der Waals surface area contributed by atoms with Gasteiger partial charge in [-0.1, -0.05) is 29.8 Å². The number of pyridine rings is 1. The number of hydrogen-bond acceptors (Lipinski definition) is 3. The summed E-state index contributed by atoms with van der Waals surface area (Å²) < 4.78 is 11.7. The lowest BCUT2D eigenvalue weighted by Gasteiger charge is -2.13. The lowest BCUT2D eigenvalue weighted by molar-refractivity contribution is -0.686. The minimum atomic E-state index is 0.475. The second kappa shape index (κ2) is 9.95. The Kier molecular flexibility index (Phi) is 7.08. The number of benzene rings is 2. The summed E-state index contributed by atoms with van der Waals surface area (Å²) in [4.78, 5) is 4.35. The summed E-state index contributed by atoms with van der Waals surface area (Å²) in [6.45, 7) is 4.75. The van der Waals surface area contributed by atoms with Crippen molar-refractivity contribution in [2.45, 2.75) is 26.6 Å². The van der Waals surface area contributed by atoms with E-state index in [0.29, 0.717) is 13.2 Å². The predicted octanol–water partition coefficient (Wildman–Crippen LogP) is 3.98. The highest BCUT2D eigenvalue weighted by atomic mass is 35.5. The van der Waals surface area contributed by atoms with E-state index in [9.17, 15) is 0 Å². The van der Waals surface area contributed by atoms with Crippen molar-refractivity contribution < 1.29 is 14.8 Å². The summed E-state index contributed by atoms with van der Waals surface area (Å²) in [5.41, 5.74) is 3.33. The summed E-state index contributed by atoms with van der Waals surface area (Å²) in [7, 11) is 0. The van der Waals surface area contributed by atoms with Crippen LogP contribution in [0.15, 0.2) is 66.9 Å². The Morgan fingerprint density at radius 2 is 1.70 bits per heavy atom. The van der Waals surface area contributed by atoms with Crippen LogP contribution in [0.1, 0.15) is 23.7 Å². The molecule has 0 fully saturated rings. The van der Waals surface area contributed by atoms with E-state index in [1.165, 1.54) is 5.56 Å². The third-order valence-electron chi connectivity index (χ3n) is 4.08. The van der Waals surface area contributed by atoms with E-state index < -0.39 is 0 Å². The average Bonchev–Trinajstić information content (AvgIpc) is 2.70. The highest BCUT2D eigenvalue weighted by Crippen LogP contribution is 2.29. The van der Waals surface area contributed by atoms with Crippen molar-refractivity contribution in [3.63, 3.8) is 0 Å². The van der Waals surface area contributed by atoms with Gasteiger partial charge in [-0.15, -0.1) is 0 Å². The maximum Gasteiger partial charge on any atom is 0.161 e. The standard InChI is InChI=1S/C22H23ClN2O2/c1-2-26-22-13-18(14-24-15-20-5-3-4-12-25-20)8-11-21(22)27-16-17-6-9-19(23)10-7-17/h3-13,24H,2,14-16H2,1H3/p+1. The van der Waals surface area contributed by atoms with E-state index in [4.69, 9.17) is 21.1 Å². The number of nitrogens with two attached hydrogens (primary N) is 1. The van der Waals surface area contributed by atoms with Crippen molar-refractivity contribution in [2.24, 2.45) is 0 Å². The molecule has 1 aromatic heterocycles. The molecule has 0 saturated carbocycles. The largest absolute Gasteiger partial charge is 0.490 e. The highest BCUT2D eigenvalue weighted by Gasteiger charge is 2.08. The van der Waals surface area contributed by atoms with Gasteiger partial charge in [-0.25, -0.2) is 0 Å². The molecule has 1 heterocycles. The summed E-state index contributed by atoms with van der Waals surface area (Å²) >= 11 is 5.93. The molecule has 0 unspecified atom stereocenters. The molecule has 27 heavy (non-hydrogen) atoms. The first-order valence-corrected chi connectivity index (χ1v) is 9.47. The Morgan fingerprint density at radius 3 is 2.44 bits per heavy atom. The lowest BCUT2D eigenvalue weighted by Crippen LogP contribution is -2.80. The third-order valence-corrected chi connectivity index (χ3v) is 4.33. The van der Waals surface area contributed by atoms with Gasteiger partial charge in [-0.05, 0) is 55.0 Å². The molecular formula is C22H24ClN2O2+. The zero-order valence-corrected chi connectivity index (χ0v) is 16.2. The van der Waals surface area contributed by atoms with Crippen LogP contribution in [0.4, 0.5) is 0 Å². The first kappa shape index (κ1) is 19.2. The van der Waals surface area contributed by atoms with E-state index >= 15 is 0 Å². The van der Waals surface area contributed by atoms with Gasteiger partial charge >= 0.3 is 0 Å². The van der Waals surface area contributed by atoms with Crippen molar-refractivity contribution in [1.29, 1.82) is 0 Å². The smallest absolute Gasteiger partial charge is 0.161 e. The molecule has 2 N–H and O–H groups in total. The molecule has 3 aromatic rings. The highest BCUT2D eigenvalue weighted by molar-refractivity contribution is 6.30. The van der Waals surface area contributed by atoms with E-state index in [1.54, 1.807) is 0 Å². The SMILES string of the molecule is CCOc1cc(C[NH2+]Cc2ccccn2)ccc1OCc1ccc(Cl)cc1. The molecule has 4 nitrogen and oxygen atoms in total. The van der Waals surface area contributed by atoms with Crippen LogP contribution in [0.5, 0.6) is 11.5 Å². The number of aromatic nitrogens is 1. The number of quaternary nitrogens is 1. The number of ether oxygens (including phenoxy) is 2. The third kappa shape index (κ3) is 5.98. The molecule has 2 aromatic carbocycles. The molecule has 0 radical (unpaired) electrons. The van der Waals surface area contributed by atoms with E-state index in [-0.39, 0.29) is 0 Å². The van der Waals surface area contributed by atoms with Gasteiger partial charge in [-0.3, -0.25) is 4.98 Å². The van der Waals surface area contributed by atoms with Crippen LogP contribution in [-0.4, -0.2) is 11.6 Å². The molecule has 3 rings (SSSR count). The molecule has 0 aliphatic rings. The molecule has 0 aliphatic carbocycles. The summed E-state index contributed by atoms with van der Waals surface area (Å²) in [6.07, 6.45) is 1.82. The van der Waals surface area contributed by atoms with Crippen LogP contribution in [-0.2, 0) is 19.7 Å². The first-order chi connectivity index (χ1) is 13.2. The van der Waals surface area contributed by atoms with Gasteiger partial charge in [0, 0.05) is 16.8 Å². The number of hydrogen-bond donors (Lipinski definition) is 1. The average molecular weight is 384 g/mol. The fourth-order valence-corrected chi connectivity index (χ4v) is 2.84. The normalized spacial score (nSPS) is 10.6. The monoisotopic (exact) mass is 383 g/mol. The van der Waals surface area contributed by atoms with Crippen LogP contribution in [0.25, 0.3) is 0 Å². The van der Waals surface area contributed by atoms with Gasteiger partial charge in [0.25, 0.3) is 0 Å². The fraction of sp³-hybridized carbons (Fsp3) is 0.227. The predicted molar refractivity (Wildman–Crippen MR) is 107 cm³/mol. The van der Waals surface area contributed by atoms with Gasteiger partial charge in [0.05, 0.1) is 12.3 Å². The summed E-state index contributed by atoms with van der Waals surface area (Å²) in [5.74, 6) is 1.52. The molecule has 0 saturated heterocycles. The number of rotatable bonds is 9. The summed E-state index contributed by atoms with van der Waals surface area (Å²) in [5, 5.41) is 2.95. The van der Waals surface area contributed by atoms with Gasteiger partial charge < -0.3 is 14.8 Å². The first-order valence-electron chi connectivity index (χ1n) is 9.09. The minimum absolute atomic E-state index is 0.475. The Hall–Kier alpha value is -2.56. The molecule has 0 amide bonds. The molecule has 0 bridgehead atoms. The van der Waals surface area contributed by atoms with Crippen LogP contribution in [0, 0.1) is 0 Å². The zero-order chi connectivity index (χ0) is 18.9. The Balaban J connectivity index is 1.60. The topological polar surface area (TPSA) is 48.0 Å². The Labute approximate surface area is 165 Å². The quantitative estimate of drug-likeness (QED) is 0.608. The van der Waals surface area contributed by atoms with Crippen LogP contribution in [0.3, 0.4) is 0 Å². The maximum atomic E-state index is 5.96. The van der Waals surface area contributed by atoms with Crippen molar-refractivity contribution in [2.75, 3.05) is 6.61 Å². The molecule has 0 aliphatic heterocycles. The van der Waals surface area contributed by atoms with E-state index in [2.05, 4.69) is 22.4 Å². The number of nitrogens with zero attached hydrogens (tertiary/aromatic N) is 1.